The van der Waals surface area contributed by atoms with E-state index in [9.17, 15) is 0 Å². The Morgan fingerprint density at radius 1 is 1.00 bits per heavy atom. The minimum absolute atomic E-state index is 0.518. The first-order chi connectivity index (χ1) is 10.00. The van der Waals surface area contributed by atoms with Gasteiger partial charge in [-0.2, -0.15) is 0 Å². The van der Waals surface area contributed by atoms with Gasteiger partial charge in [0.15, 0.2) is 0 Å². The van der Waals surface area contributed by atoms with Crippen molar-refractivity contribution in [2.24, 2.45) is 4.99 Å². The van der Waals surface area contributed by atoms with Crippen LogP contribution in [0.3, 0.4) is 0 Å². The molecule has 0 aliphatic carbocycles. The Morgan fingerprint density at radius 2 is 1.62 bits per heavy atom. The number of hydrogen-bond donors (Lipinski definition) is 0. The molecule has 2 rings (SSSR count). The van der Waals surface area contributed by atoms with Crippen LogP contribution in [0.5, 0.6) is 0 Å². The second-order valence-electron chi connectivity index (χ2n) is 5.78. The topological polar surface area (TPSA) is 26.5 Å². The maximum atomic E-state index is 4.80. The minimum Gasteiger partial charge on any atom is -0.465 e. The van der Waals surface area contributed by atoms with Gasteiger partial charge < -0.3 is 4.99 Å². The molecule has 0 bridgehead atoms. The van der Waals surface area contributed by atoms with E-state index in [1.54, 1.807) is 7.05 Å². The first-order valence-electron chi connectivity index (χ1n) is 7.14. The number of aliphatic imine (C=N–C) groups is 1. The minimum atomic E-state index is 0.518. The Labute approximate surface area is 127 Å². The molecule has 0 aliphatic rings. The molecule has 3 heteroatoms. The molecule has 0 spiro atoms. The van der Waals surface area contributed by atoms with Crippen molar-refractivity contribution in [1.82, 2.24) is 0 Å². The standard InChI is InChI=1S/C18H23N3/c1-15-10-12-16(13-11-15)14-21(3,4)20-18(19-2)17-8-6-5-7-9-17/h5-13H,14H2,1-4H3. The fourth-order valence-corrected chi connectivity index (χ4v) is 2.25. The molecule has 3 nitrogen and oxygen atoms in total. The van der Waals surface area contributed by atoms with Gasteiger partial charge in [0, 0.05) is 5.56 Å². The molecule has 0 aromatic heterocycles. The highest BCUT2D eigenvalue weighted by atomic mass is 15.6. The van der Waals surface area contributed by atoms with Gasteiger partial charge >= 0.3 is 0 Å². The normalized spacial score (nSPS) is 12.3. The smallest absolute Gasteiger partial charge is 0.113 e. The molecule has 0 aliphatic heterocycles. The summed E-state index contributed by atoms with van der Waals surface area (Å²) in [6.07, 6.45) is 0. The van der Waals surface area contributed by atoms with Gasteiger partial charge in [-0.3, -0.25) is 10.0 Å². The lowest BCUT2D eigenvalue weighted by Crippen LogP contribution is -2.36. The van der Waals surface area contributed by atoms with Crippen molar-refractivity contribution in [2.45, 2.75) is 13.5 Å². The molecular formula is C18H23N3. The molecule has 0 amide bonds. The number of rotatable bonds is 4. The Kier molecular flexibility index (Phi) is 4.76. The highest BCUT2D eigenvalue weighted by molar-refractivity contribution is 6.06. The van der Waals surface area contributed by atoms with Crippen molar-refractivity contribution >= 4 is 5.84 Å². The molecule has 2 aromatic carbocycles. The third kappa shape index (κ3) is 4.43. The van der Waals surface area contributed by atoms with Crippen molar-refractivity contribution in [1.29, 1.82) is 0 Å². The van der Waals surface area contributed by atoms with E-state index in [0.717, 1.165) is 17.9 Å². The number of benzene rings is 2. The van der Waals surface area contributed by atoms with E-state index in [-0.39, 0.29) is 0 Å². The predicted octanol–water partition coefficient (Wildman–Crippen LogP) is 3.94. The lowest BCUT2D eigenvalue weighted by atomic mass is 10.1. The van der Waals surface area contributed by atoms with Crippen LogP contribution in [0.1, 0.15) is 16.7 Å². The molecule has 0 saturated heterocycles. The van der Waals surface area contributed by atoms with Gasteiger partial charge in [-0.1, -0.05) is 67.2 Å². The van der Waals surface area contributed by atoms with Crippen LogP contribution in [-0.4, -0.2) is 31.6 Å². The second kappa shape index (κ2) is 6.55. The van der Waals surface area contributed by atoms with Crippen LogP contribution in [0, 0.1) is 6.92 Å². The SMILES string of the molecule is CN=C([N-][N+](C)(C)Cc1ccc(C)cc1)c1ccccc1. The Balaban J connectivity index is 2.10. The molecule has 21 heavy (non-hydrogen) atoms. The zero-order valence-electron chi connectivity index (χ0n) is 13.2. The molecule has 0 atom stereocenters. The molecule has 2 aromatic rings. The third-order valence-electron chi connectivity index (χ3n) is 3.30. The molecule has 0 heterocycles. The van der Waals surface area contributed by atoms with Gasteiger partial charge in [0.25, 0.3) is 0 Å². The van der Waals surface area contributed by atoms with E-state index >= 15 is 0 Å². The summed E-state index contributed by atoms with van der Waals surface area (Å²) >= 11 is 0. The van der Waals surface area contributed by atoms with E-state index < -0.39 is 0 Å². The zero-order valence-corrected chi connectivity index (χ0v) is 13.2. The van der Waals surface area contributed by atoms with Gasteiger partial charge in [0.1, 0.15) is 6.54 Å². The fourth-order valence-electron chi connectivity index (χ4n) is 2.25. The van der Waals surface area contributed by atoms with Gasteiger partial charge in [-0.15, -0.1) is 0 Å². The highest BCUT2D eigenvalue weighted by Crippen LogP contribution is 2.18. The average molecular weight is 281 g/mol. The zero-order chi connectivity index (χ0) is 15.3. The molecule has 0 fully saturated rings. The van der Waals surface area contributed by atoms with Crippen molar-refractivity contribution in [3.05, 3.63) is 76.7 Å². The molecule has 110 valence electrons. The Hall–Kier alpha value is -2.13. The van der Waals surface area contributed by atoms with E-state index in [0.29, 0.717) is 4.59 Å². The van der Waals surface area contributed by atoms with E-state index in [1.807, 2.05) is 30.3 Å². The summed E-state index contributed by atoms with van der Waals surface area (Å²) in [4.78, 5) is 4.33. The van der Waals surface area contributed by atoms with E-state index in [1.165, 1.54) is 11.1 Å². The molecule has 0 radical (unpaired) electrons. The van der Waals surface area contributed by atoms with Gasteiger partial charge in [0.05, 0.1) is 14.1 Å². The van der Waals surface area contributed by atoms with Crippen LogP contribution >= 0.6 is 0 Å². The molecule has 0 N–H and O–H groups in total. The van der Waals surface area contributed by atoms with Crippen LogP contribution < -0.4 is 0 Å². The summed E-state index contributed by atoms with van der Waals surface area (Å²) in [5.74, 6) is 0.785. The summed E-state index contributed by atoms with van der Waals surface area (Å²) in [5, 5.41) is 0. The van der Waals surface area contributed by atoms with Crippen LogP contribution in [0.15, 0.2) is 59.6 Å². The summed E-state index contributed by atoms with van der Waals surface area (Å²) < 4.78 is 0.518. The van der Waals surface area contributed by atoms with Crippen LogP contribution in [0.4, 0.5) is 0 Å². The van der Waals surface area contributed by atoms with Crippen molar-refractivity contribution in [2.75, 3.05) is 21.1 Å². The number of hydrogen-bond acceptors (Lipinski definition) is 1. The highest BCUT2D eigenvalue weighted by Gasteiger charge is 2.14. The number of quaternary nitrogens is 1. The maximum absolute atomic E-state index is 4.80. The average Bonchev–Trinajstić information content (AvgIpc) is 2.48. The largest absolute Gasteiger partial charge is 0.465 e. The monoisotopic (exact) mass is 281 g/mol. The summed E-state index contributed by atoms with van der Waals surface area (Å²) in [7, 11) is 5.97. The van der Waals surface area contributed by atoms with Crippen LogP contribution in [-0.2, 0) is 6.54 Å². The fraction of sp³-hybridized carbons (Fsp3) is 0.278. The molecule has 0 unspecified atom stereocenters. The number of aryl methyl sites for hydroxylation is 1. The Morgan fingerprint density at radius 3 is 2.19 bits per heavy atom. The van der Waals surface area contributed by atoms with E-state index in [2.05, 4.69) is 50.3 Å². The summed E-state index contributed by atoms with van der Waals surface area (Å²) in [6.45, 7) is 2.94. The van der Waals surface area contributed by atoms with E-state index in [4.69, 9.17) is 5.43 Å². The Bertz CT molecular complexity index is 598. The number of nitrogens with zero attached hydrogens (tertiary/aromatic N) is 3. The predicted molar refractivity (Wildman–Crippen MR) is 89.3 cm³/mol. The van der Waals surface area contributed by atoms with Gasteiger partial charge in [-0.25, -0.2) is 0 Å². The van der Waals surface area contributed by atoms with Crippen molar-refractivity contribution in [3.8, 4) is 0 Å². The maximum Gasteiger partial charge on any atom is 0.113 e. The van der Waals surface area contributed by atoms with Gasteiger partial charge in [-0.05, 0) is 18.3 Å². The van der Waals surface area contributed by atoms with Crippen LogP contribution in [0.25, 0.3) is 5.43 Å². The van der Waals surface area contributed by atoms with Crippen LogP contribution in [0.2, 0.25) is 0 Å². The molecular weight excluding hydrogens is 258 g/mol. The molecule has 0 saturated carbocycles. The van der Waals surface area contributed by atoms with Crippen molar-refractivity contribution < 1.29 is 4.59 Å². The second-order valence-corrected chi connectivity index (χ2v) is 5.78. The first-order valence-corrected chi connectivity index (χ1v) is 7.14. The summed E-state index contributed by atoms with van der Waals surface area (Å²) in [5.41, 5.74) is 8.41. The summed E-state index contributed by atoms with van der Waals surface area (Å²) in [6, 6.07) is 18.7. The van der Waals surface area contributed by atoms with Crippen molar-refractivity contribution in [3.63, 3.8) is 0 Å². The first kappa shape index (κ1) is 15.3. The number of amidine groups is 1. The quantitative estimate of drug-likeness (QED) is 0.351. The third-order valence-corrected chi connectivity index (χ3v) is 3.30. The lowest BCUT2D eigenvalue weighted by Gasteiger charge is -2.36. The lowest BCUT2D eigenvalue weighted by molar-refractivity contribution is -0.862. The van der Waals surface area contributed by atoms with Gasteiger partial charge in [0.2, 0.25) is 0 Å².